The van der Waals surface area contributed by atoms with Crippen molar-refractivity contribution in [2.24, 2.45) is 5.92 Å². The molecule has 0 aliphatic rings. The van der Waals surface area contributed by atoms with Crippen molar-refractivity contribution in [1.29, 1.82) is 0 Å². The van der Waals surface area contributed by atoms with E-state index in [1.807, 2.05) is 0 Å². The number of nitrogens with one attached hydrogen (secondary N) is 1. The Hall–Kier alpha value is -1.60. The molecule has 0 saturated carbocycles. The van der Waals surface area contributed by atoms with Gasteiger partial charge in [0.25, 0.3) is 0 Å². The highest BCUT2D eigenvalue weighted by molar-refractivity contribution is 5.31. The molecule has 1 nitrogen and oxygen atoms in total. The highest BCUT2D eigenvalue weighted by atomic mass is 14.9. The molecular weight excluding hydrogens is 266 g/mol. The molecule has 0 unspecified atom stereocenters. The number of rotatable bonds is 9. The molecular formula is C21H29N. The third-order valence-electron chi connectivity index (χ3n) is 4.42. The van der Waals surface area contributed by atoms with Crippen LogP contribution in [0.2, 0.25) is 0 Å². The summed E-state index contributed by atoms with van der Waals surface area (Å²) in [4.78, 5) is 0. The van der Waals surface area contributed by atoms with Gasteiger partial charge in [0, 0.05) is 0 Å². The van der Waals surface area contributed by atoms with Crippen molar-refractivity contribution < 1.29 is 0 Å². The van der Waals surface area contributed by atoms with Gasteiger partial charge in [0.2, 0.25) is 0 Å². The first-order chi connectivity index (χ1) is 10.8. The molecule has 1 heteroatoms. The molecule has 0 heterocycles. The predicted octanol–water partition coefficient (Wildman–Crippen LogP) is 5.58. The van der Waals surface area contributed by atoms with Crippen LogP contribution in [-0.4, -0.2) is 6.54 Å². The summed E-state index contributed by atoms with van der Waals surface area (Å²) in [5, 5.41) is 3.81. The molecule has 0 saturated heterocycles. The molecule has 0 aromatic heterocycles. The topological polar surface area (TPSA) is 12.0 Å². The Morgan fingerprint density at radius 1 is 0.818 bits per heavy atom. The lowest BCUT2D eigenvalue weighted by Gasteiger charge is -2.23. The van der Waals surface area contributed by atoms with Crippen LogP contribution in [-0.2, 0) is 0 Å². The molecule has 0 aliphatic carbocycles. The summed E-state index contributed by atoms with van der Waals surface area (Å²) in [7, 11) is 0. The van der Waals surface area contributed by atoms with Crippen LogP contribution in [0.1, 0.15) is 56.7 Å². The van der Waals surface area contributed by atoms with Gasteiger partial charge in [-0.3, -0.25) is 0 Å². The second kappa shape index (κ2) is 9.42. The highest BCUT2D eigenvalue weighted by Gasteiger charge is 2.15. The van der Waals surface area contributed by atoms with Crippen LogP contribution in [0.4, 0.5) is 0 Å². The molecule has 0 fully saturated rings. The Balaban J connectivity index is 2.09. The highest BCUT2D eigenvalue weighted by Crippen LogP contribution is 2.23. The second-order valence-electron chi connectivity index (χ2n) is 6.08. The maximum absolute atomic E-state index is 3.81. The first-order valence-corrected chi connectivity index (χ1v) is 8.68. The van der Waals surface area contributed by atoms with Gasteiger partial charge in [0.1, 0.15) is 0 Å². The van der Waals surface area contributed by atoms with Crippen LogP contribution in [0.15, 0.2) is 60.7 Å². The van der Waals surface area contributed by atoms with Gasteiger partial charge in [-0.25, -0.2) is 0 Å². The summed E-state index contributed by atoms with van der Waals surface area (Å²) in [6.07, 6.45) is 5.21. The van der Waals surface area contributed by atoms with Gasteiger partial charge in [-0.05, 0) is 30.0 Å². The average molecular weight is 295 g/mol. The van der Waals surface area contributed by atoms with Crippen molar-refractivity contribution in [2.75, 3.05) is 6.54 Å². The molecule has 0 radical (unpaired) electrons. The third kappa shape index (κ3) is 4.99. The summed E-state index contributed by atoms with van der Waals surface area (Å²) in [5.74, 6) is 0.773. The largest absolute Gasteiger partial charge is 0.306 e. The van der Waals surface area contributed by atoms with Gasteiger partial charge < -0.3 is 5.32 Å². The molecule has 0 bridgehead atoms. The SMILES string of the molecule is CCCC[C@@H](CC)CNC(c1ccccc1)c1ccccc1. The summed E-state index contributed by atoms with van der Waals surface area (Å²) in [6, 6.07) is 21.8. The van der Waals surface area contributed by atoms with E-state index in [1.165, 1.54) is 36.8 Å². The molecule has 0 spiro atoms. The second-order valence-corrected chi connectivity index (χ2v) is 6.08. The van der Waals surface area contributed by atoms with E-state index in [0.29, 0.717) is 0 Å². The molecule has 2 rings (SSSR count). The fraction of sp³-hybridized carbons (Fsp3) is 0.429. The fourth-order valence-electron chi connectivity index (χ4n) is 2.95. The van der Waals surface area contributed by atoms with E-state index in [2.05, 4.69) is 79.8 Å². The minimum absolute atomic E-state index is 0.290. The summed E-state index contributed by atoms with van der Waals surface area (Å²) >= 11 is 0. The maximum atomic E-state index is 3.81. The van der Waals surface area contributed by atoms with Crippen LogP contribution >= 0.6 is 0 Å². The zero-order chi connectivity index (χ0) is 15.6. The van der Waals surface area contributed by atoms with E-state index in [9.17, 15) is 0 Å². The van der Waals surface area contributed by atoms with Crippen molar-refractivity contribution in [1.82, 2.24) is 5.32 Å². The average Bonchev–Trinajstić information content (AvgIpc) is 2.59. The molecule has 2 aromatic carbocycles. The molecule has 0 amide bonds. The van der Waals surface area contributed by atoms with Gasteiger partial charge in [-0.2, -0.15) is 0 Å². The van der Waals surface area contributed by atoms with Crippen LogP contribution in [0.25, 0.3) is 0 Å². The first-order valence-electron chi connectivity index (χ1n) is 8.68. The van der Waals surface area contributed by atoms with Gasteiger partial charge in [-0.15, -0.1) is 0 Å². The van der Waals surface area contributed by atoms with E-state index in [4.69, 9.17) is 0 Å². The van der Waals surface area contributed by atoms with E-state index in [0.717, 1.165) is 12.5 Å². The molecule has 22 heavy (non-hydrogen) atoms. The van der Waals surface area contributed by atoms with E-state index < -0.39 is 0 Å². The van der Waals surface area contributed by atoms with Crippen molar-refractivity contribution in [3.8, 4) is 0 Å². The number of unbranched alkanes of at least 4 members (excludes halogenated alkanes) is 1. The quantitative estimate of drug-likeness (QED) is 0.636. The summed E-state index contributed by atoms with van der Waals surface area (Å²) in [6.45, 7) is 5.67. The molecule has 2 aromatic rings. The van der Waals surface area contributed by atoms with Crippen LogP contribution in [0, 0.1) is 5.92 Å². The summed E-state index contributed by atoms with van der Waals surface area (Å²) < 4.78 is 0. The Bertz CT molecular complexity index is 466. The van der Waals surface area contributed by atoms with Gasteiger partial charge >= 0.3 is 0 Å². The standard InChI is InChI=1S/C21H29N/c1-3-5-12-18(4-2)17-22-21(19-13-8-6-9-14-19)20-15-10-7-11-16-20/h6-11,13-16,18,21-22H,3-5,12,17H2,1-2H3/t18-/m1/s1. The lowest BCUT2D eigenvalue weighted by atomic mass is 9.95. The lowest BCUT2D eigenvalue weighted by molar-refractivity contribution is 0.405. The van der Waals surface area contributed by atoms with Crippen LogP contribution in [0.5, 0.6) is 0 Å². The Labute approximate surface area is 135 Å². The van der Waals surface area contributed by atoms with E-state index in [-0.39, 0.29) is 6.04 Å². The molecule has 1 N–H and O–H groups in total. The Morgan fingerprint density at radius 3 is 1.82 bits per heavy atom. The Morgan fingerprint density at radius 2 is 1.36 bits per heavy atom. The molecule has 0 aliphatic heterocycles. The number of benzene rings is 2. The van der Waals surface area contributed by atoms with Gasteiger partial charge in [0.05, 0.1) is 6.04 Å². The molecule has 118 valence electrons. The minimum Gasteiger partial charge on any atom is -0.306 e. The zero-order valence-electron chi connectivity index (χ0n) is 14.0. The lowest BCUT2D eigenvalue weighted by Crippen LogP contribution is -2.28. The predicted molar refractivity (Wildman–Crippen MR) is 96.0 cm³/mol. The Kier molecular flexibility index (Phi) is 7.18. The van der Waals surface area contributed by atoms with Crippen molar-refractivity contribution >= 4 is 0 Å². The minimum atomic E-state index is 0.290. The fourth-order valence-corrected chi connectivity index (χ4v) is 2.95. The van der Waals surface area contributed by atoms with Crippen LogP contribution in [0.3, 0.4) is 0 Å². The monoisotopic (exact) mass is 295 g/mol. The van der Waals surface area contributed by atoms with E-state index >= 15 is 0 Å². The number of hydrogen-bond donors (Lipinski definition) is 1. The first kappa shape index (κ1) is 16.8. The van der Waals surface area contributed by atoms with Gasteiger partial charge in [0.15, 0.2) is 0 Å². The number of hydrogen-bond acceptors (Lipinski definition) is 1. The van der Waals surface area contributed by atoms with Crippen molar-refractivity contribution in [3.05, 3.63) is 71.8 Å². The van der Waals surface area contributed by atoms with E-state index in [1.54, 1.807) is 0 Å². The third-order valence-corrected chi connectivity index (χ3v) is 4.42. The van der Waals surface area contributed by atoms with Gasteiger partial charge in [-0.1, -0.05) is 93.8 Å². The summed E-state index contributed by atoms with van der Waals surface area (Å²) in [5.41, 5.74) is 2.69. The maximum Gasteiger partial charge on any atom is 0.0576 e. The van der Waals surface area contributed by atoms with Crippen molar-refractivity contribution in [3.63, 3.8) is 0 Å². The molecule has 1 atom stereocenters. The smallest absolute Gasteiger partial charge is 0.0576 e. The normalized spacial score (nSPS) is 12.5. The zero-order valence-corrected chi connectivity index (χ0v) is 14.0. The van der Waals surface area contributed by atoms with Crippen LogP contribution < -0.4 is 5.32 Å². The van der Waals surface area contributed by atoms with Crippen molar-refractivity contribution in [2.45, 2.75) is 45.6 Å².